The summed E-state index contributed by atoms with van der Waals surface area (Å²) in [6.45, 7) is 6.71. The van der Waals surface area contributed by atoms with Gasteiger partial charge in [-0.3, -0.25) is 9.59 Å². The normalized spacial score (nSPS) is 15.9. The lowest BCUT2D eigenvalue weighted by Gasteiger charge is -2.32. The minimum absolute atomic E-state index is 0.0695. The van der Waals surface area contributed by atoms with Crippen molar-refractivity contribution in [3.05, 3.63) is 76.9 Å². The summed E-state index contributed by atoms with van der Waals surface area (Å²) in [6.07, 6.45) is 2.85. The summed E-state index contributed by atoms with van der Waals surface area (Å²) in [5.74, 6) is -1.07. The third kappa shape index (κ3) is 7.59. The number of likely N-dealkylation sites (tertiary alicyclic amines) is 1. The standard InChI is InChI=1S/C35H38F2N4O4/c1-3-44-35(43)25-12-15-40(16-13-25)32-6-4-5-31(39-32)29-20-28(36)21-30(37)34(29)45-22-27-8-7-26(19-23(27)2)24-10-17-41(18-11-24)33(42)9-14-38/h4-8,19-21,24-25H,3,9-13,15-18,22H2,1-2H3. The number of hydrogen-bond donors (Lipinski definition) is 0. The molecule has 1 aromatic heterocycles. The number of halogens is 2. The van der Waals surface area contributed by atoms with E-state index in [9.17, 15) is 14.0 Å². The third-order valence-corrected chi connectivity index (χ3v) is 8.75. The number of hydrogen-bond acceptors (Lipinski definition) is 7. The molecule has 8 nitrogen and oxygen atoms in total. The molecule has 10 heteroatoms. The SMILES string of the molecule is CCOC(=O)C1CCN(c2cccc(-c3cc(F)cc(F)c3OCc3ccc(C4CCN(C(=O)CC#N)CC4)cc3C)n2)CC1. The zero-order valence-corrected chi connectivity index (χ0v) is 25.7. The van der Waals surface area contributed by atoms with Gasteiger partial charge < -0.3 is 19.3 Å². The molecule has 2 aliphatic heterocycles. The Balaban J connectivity index is 1.27. The molecule has 2 saturated heterocycles. The second-order valence-electron chi connectivity index (χ2n) is 11.6. The Kier molecular flexibility index (Phi) is 10.3. The summed E-state index contributed by atoms with van der Waals surface area (Å²) in [5, 5.41) is 8.80. The molecule has 0 aliphatic carbocycles. The fourth-order valence-corrected chi connectivity index (χ4v) is 6.18. The average Bonchev–Trinajstić information content (AvgIpc) is 3.05. The van der Waals surface area contributed by atoms with Crippen LogP contribution in [-0.2, 0) is 20.9 Å². The molecule has 0 spiro atoms. The van der Waals surface area contributed by atoms with Crippen LogP contribution in [0, 0.1) is 35.8 Å². The first kappa shape index (κ1) is 31.9. The highest BCUT2D eigenvalue weighted by atomic mass is 19.1. The van der Waals surface area contributed by atoms with Crippen molar-refractivity contribution < 1.29 is 27.8 Å². The largest absolute Gasteiger partial charge is 0.485 e. The highest BCUT2D eigenvalue weighted by molar-refractivity contribution is 5.78. The Morgan fingerprint density at radius 3 is 2.47 bits per heavy atom. The number of rotatable bonds is 9. The lowest BCUT2D eigenvalue weighted by Crippen LogP contribution is -2.37. The maximum Gasteiger partial charge on any atom is 0.309 e. The van der Waals surface area contributed by atoms with Crippen molar-refractivity contribution in [3.63, 3.8) is 0 Å². The molecule has 0 radical (unpaired) electrons. The molecular weight excluding hydrogens is 578 g/mol. The minimum atomic E-state index is -0.806. The Morgan fingerprint density at radius 1 is 1.02 bits per heavy atom. The van der Waals surface area contributed by atoms with E-state index in [2.05, 4.69) is 11.0 Å². The summed E-state index contributed by atoms with van der Waals surface area (Å²) in [6, 6.07) is 15.4. The highest BCUT2D eigenvalue weighted by Gasteiger charge is 2.27. The fourth-order valence-electron chi connectivity index (χ4n) is 6.18. The summed E-state index contributed by atoms with van der Waals surface area (Å²) < 4.78 is 40.9. The number of amides is 1. The molecule has 236 valence electrons. The first-order chi connectivity index (χ1) is 21.8. The summed E-state index contributed by atoms with van der Waals surface area (Å²) >= 11 is 0. The molecule has 2 fully saturated rings. The number of esters is 1. The highest BCUT2D eigenvalue weighted by Crippen LogP contribution is 2.35. The van der Waals surface area contributed by atoms with Gasteiger partial charge in [-0.25, -0.2) is 13.8 Å². The zero-order chi connectivity index (χ0) is 31.9. The number of nitriles is 1. The molecular formula is C35H38F2N4O4. The Bertz CT molecular complexity index is 1570. The minimum Gasteiger partial charge on any atom is -0.485 e. The zero-order valence-electron chi connectivity index (χ0n) is 25.7. The van der Waals surface area contributed by atoms with Crippen LogP contribution in [0.25, 0.3) is 11.3 Å². The summed E-state index contributed by atoms with van der Waals surface area (Å²) in [4.78, 5) is 32.7. The number of benzene rings is 2. The third-order valence-electron chi connectivity index (χ3n) is 8.75. The van der Waals surface area contributed by atoms with Crippen molar-refractivity contribution in [2.24, 2.45) is 5.92 Å². The van der Waals surface area contributed by atoms with Gasteiger partial charge in [-0.15, -0.1) is 0 Å². The number of carbonyl (C=O) groups excluding carboxylic acids is 2. The predicted molar refractivity (Wildman–Crippen MR) is 165 cm³/mol. The summed E-state index contributed by atoms with van der Waals surface area (Å²) in [5.41, 5.74) is 3.65. The molecule has 0 N–H and O–H groups in total. The van der Waals surface area contributed by atoms with Gasteiger partial charge in [0.1, 0.15) is 24.7 Å². The maximum atomic E-state index is 15.2. The van der Waals surface area contributed by atoms with Gasteiger partial charge in [-0.05, 0) is 80.3 Å². The van der Waals surface area contributed by atoms with E-state index in [1.54, 1.807) is 24.0 Å². The molecule has 45 heavy (non-hydrogen) atoms. The van der Waals surface area contributed by atoms with Gasteiger partial charge in [0.15, 0.2) is 11.6 Å². The smallest absolute Gasteiger partial charge is 0.309 e. The lowest BCUT2D eigenvalue weighted by atomic mass is 9.87. The van der Waals surface area contributed by atoms with E-state index in [-0.39, 0.29) is 42.1 Å². The van der Waals surface area contributed by atoms with Crippen LogP contribution in [0.3, 0.4) is 0 Å². The van der Waals surface area contributed by atoms with Gasteiger partial charge in [-0.1, -0.05) is 24.3 Å². The number of anilines is 1. The van der Waals surface area contributed by atoms with E-state index >= 15 is 4.39 Å². The van der Waals surface area contributed by atoms with Gasteiger partial charge in [0, 0.05) is 37.8 Å². The maximum absolute atomic E-state index is 15.2. The number of pyridine rings is 1. The van der Waals surface area contributed by atoms with Gasteiger partial charge in [0.25, 0.3) is 0 Å². The van der Waals surface area contributed by atoms with Crippen LogP contribution in [0.4, 0.5) is 14.6 Å². The lowest BCUT2D eigenvalue weighted by molar-refractivity contribution is -0.148. The Morgan fingerprint density at radius 2 is 1.78 bits per heavy atom. The van der Waals surface area contributed by atoms with Gasteiger partial charge >= 0.3 is 5.97 Å². The molecule has 3 aromatic rings. The van der Waals surface area contributed by atoms with E-state index in [1.807, 2.05) is 31.2 Å². The fraction of sp³-hybridized carbons (Fsp3) is 0.429. The van der Waals surface area contributed by atoms with Crippen LogP contribution < -0.4 is 9.64 Å². The molecule has 0 unspecified atom stereocenters. The van der Waals surface area contributed by atoms with Crippen molar-refractivity contribution in [1.29, 1.82) is 5.26 Å². The topological polar surface area (TPSA) is 95.8 Å². The summed E-state index contributed by atoms with van der Waals surface area (Å²) in [7, 11) is 0. The van der Waals surface area contributed by atoms with Gasteiger partial charge in [0.05, 0.1) is 24.3 Å². The molecule has 0 bridgehead atoms. The van der Waals surface area contributed by atoms with E-state index in [0.29, 0.717) is 63.1 Å². The molecule has 5 rings (SSSR count). The van der Waals surface area contributed by atoms with E-state index in [4.69, 9.17) is 19.7 Å². The first-order valence-electron chi connectivity index (χ1n) is 15.5. The molecule has 0 atom stereocenters. The van der Waals surface area contributed by atoms with Crippen LogP contribution in [0.5, 0.6) is 5.75 Å². The number of ether oxygens (including phenoxy) is 2. The van der Waals surface area contributed by atoms with Gasteiger partial charge in [0.2, 0.25) is 5.91 Å². The second-order valence-corrected chi connectivity index (χ2v) is 11.6. The van der Waals surface area contributed by atoms with Crippen molar-refractivity contribution in [1.82, 2.24) is 9.88 Å². The van der Waals surface area contributed by atoms with E-state index in [1.165, 1.54) is 11.6 Å². The van der Waals surface area contributed by atoms with E-state index in [0.717, 1.165) is 30.0 Å². The number of nitrogens with zero attached hydrogens (tertiary/aromatic N) is 4. The Hall–Kier alpha value is -4.52. The molecule has 1 amide bonds. The van der Waals surface area contributed by atoms with E-state index < -0.39 is 11.6 Å². The van der Waals surface area contributed by atoms with Crippen LogP contribution in [0.2, 0.25) is 0 Å². The van der Waals surface area contributed by atoms with Crippen molar-refractivity contribution >= 4 is 17.7 Å². The number of aryl methyl sites for hydroxylation is 1. The Labute approximate surface area is 262 Å². The number of piperidine rings is 2. The predicted octanol–water partition coefficient (Wildman–Crippen LogP) is 6.31. The van der Waals surface area contributed by atoms with Crippen molar-refractivity contribution in [2.75, 3.05) is 37.7 Å². The second kappa shape index (κ2) is 14.5. The van der Waals surface area contributed by atoms with Crippen molar-refractivity contribution in [2.45, 2.75) is 58.5 Å². The molecule has 2 aromatic carbocycles. The number of carbonyl (C=O) groups is 2. The monoisotopic (exact) mass is 616 g/mol. The van der Waals surface area contributed by atoms with Crippen LogP contribution >= 0.6 is 0 Å². The first-order valence-corrected chi connectivity index (χ1v) is 15.5. The van der Waals surface area contributed by atoms with Crippen LogP contribution in [0.15, 0.2) is 48.5 Å². The number of aromatic nitrogens is 1. The quantitative estimate of drug-likeness (QED) is 0.260. The van der Waals surface area contributed by atoms with Crippen LogP contribution in [0.1, 0.15) is 61.6 Å². The van der Waals surface area contributed by atoms with Crippen LogP contribution in [-0.4, -0.2) is 54.5 Å². The molecule has 0 saturated carbocycles. The molecule has 2 aliphatic rings. The van der Waals surface area contributed by atoms with Gasteiger partial charge in [-0.2, -0.15) is 5.26 Å². The van der Waals surface area contributed by atoms with Crippen molar-refractivity contribution in [3.8, 4) is 23.1 Å². The average molecular weight is 617 g/mol. The molecule has 3 heterocycles.